The molecule has 1 atom stereocenters. The van der Waals surface area contributed by atoms with Crippen molar-refractivity contribution in [3.05, 3.63) is 64.5 Å². The topological polar surface area (TPSA) is 64.2 Å². The van der Waals surface area contributed by atoms with Crippen LogP contribution in [0.15, 0.2) is 42.0 Å². The number of benzene rings is 1. The lowest BCUT2D eigenvalue weighted by Crippen LogP contribution is -2.13. The molecule has 26 heavy (non-hydrogen) atoms. The van der Waals surface area contributed by atoms with Crippen molar-refractivity contribution in [2.45, 2.75) is 33.4 Å². The lowest BCUT2D eigenvalue weighted by Gasteiger charge is -2.17. The maximum absolute atomic E-state index is 12.3. The van der Waals surface area contributed by atoms with Gasteiger partial charge in [0.05, 0.1) is 12.6 Å². The Morgan fingerprint density at radius 2 is 2.00 bits per heavy atom. The second-order valence-corrected chi connectivity index (χ2v) is 6.23. The summed E-state index contributed by atoms with van der Waals surface area (Å²) in [5.41, 5.74) is 3.73. The first-order valence-electron chi connectivity index (χ1n) is 8.48. The number of nitriles is 1. The van der Waals surface area contributed by atoms with Gasteiger partial charge in [0.1, 0.15) is 18.2 Å². The molecule has 0 aliphatic heterocycles. The van der Waals surface area contributed by atoms with Gasteiger partial charge in [-0.3, -0.25) is 0 Å². The average molecular weight is 352 g/mol. The van der Waals surface area contributed by atoms with Crippen LogP contribution >= 0.6 is 0 Å². The van der Waals surface area contributed by atoms with Crippen LogP contribution in [0.25, 0.3) is 6.08 Å². The van der Waals surface area contributed by atoms with Crippen molar-refractivity contribution in [1.29, 1.82) is 5.26 Å². The van der Waals surface area contributed by atoms with Gasteiger partial charge in [-0.2, -0.15) is 5.26 Å². The summed E-state index contributed by atoms with van der Waals surface area (Å²) in [6.07, 6.45) is 1.59. The van der Waals surface area contributed by atoms with Crippen molar-refractivity contribution < 1.29 is 14.3 Å². The number of esters is 1. The van der Waals surface area contributed by atoms with Crippen LogP contribution in [-0.2, 0) is 20.9 Å². The zero-order valence-electron chi connectivity index (χ0n) is 15.7. The van der Waals surface area contributed by atoms with E-state index in [1.54, 1.807) is 13.2 Å². The Labute approximate surface area is 154 Å². The van der Waals surface area contributed by atoms with Crippen LogP contribution in [0.4, 0.5) is 0 Å². The SMILES string of the molecule is COC[C@H](C)n1c(C)cc(/C=C(\C#N)C(=O)OCc2ccccc2)c1C. The largest absolute Gasteiger partial charge is 0.457 e. The van der Waals surface area contributed by atoms with Gasteiger partial charge >= 0.3 is 5.97 Å². The Bertz CT molecular complexity index is 829. The molecule has 1 aromatic carbocycles. The summed E-state index contributed by atoms with van der Waals surface area (Å²) in [7, 11) is 1.67. The van der Waals surface area contributed by atoms with Crippen molar-refractivity contribution in [3.63, 3.8) is 0 Å². The molecule has 0 radical (unpaired) electrons. The third-order valence-corrected chi connectivity index (χ3v) is 4.23. The van der Waals surface area contributed by atoms with Gasteiger partial charge in [0.15, 0.2) is 0 Å². The molecule has 0 aliphatic rings. The summed E-state index contributed by atoms with van der Waals surface area (Å²) in [4.78, 5) is 12.3. The maximum atomic E-state index is 12.3. The Kier molecular flexibility index (Phi) is 6.76. The Hall–Kier alpha value is -2.84. The summed E-state index contributed by atoms with van der Waals surface area (Å²) in [5, 5.41) is 9.37. The fourth-order valence-electron chi connectivity index (χ4n) is 3.04. The minimum absolute atomic E-state index is 0.0134. The molecule has 2 aromatic rings. The van der Waals surface area contributed by atoms with Crippen molar-refractivity contribution in [2.75, 3.05) is 13.7 Å². The molecule has 0 saturated carbocycles. The third kappa shape index (κ3) is 4.62. The van der Waals surface area contributed by atoms with E-state index < -0.39 is 5.97 Å². The van der Waals surface area contributed by atoms with Crippen molar-refractivity contribution in [3.8, 4) is 6.07 Å². The first-order chi connectivity index (χ1) is 12.5. The standard InChI is InChI=1S/C21H24N2O3/c1-15-10-19(17(3)23(15)16(2)13-25-4)11-20(12-22)21(24)26-14-18-8-6-5-7-9-18/h5-11,16H,13-14H2,1-4H3/b20-11+/t16-/m0/s1. The van der Waals surface area contributed by atoms with Gasteiger partial charge in [-0.25, -0.2) is 4.79 Å². The van der Waals surface area contributed by atoms with E-state index in [9.17, 15) is 10.1 Å². The molecular formula is C21H24N2O3. The van der Waals surface area contributed by atoms with Crippen LogP contribution in [0.2, 0.25) is 0 Å². The first kappa shape index (κ1) is 19.5. The highest BCUT2D eigenvalue weighted by Gasteiger charge is 2.16. The number of hydrogen-bond donors (Lipinski definition) is 0. The first-order valence-corrected chi connectivity index (χ1v) is 8.48. The number of carbonyl (C=O) groups is 1. The minimum atomic E-state index is -0.619. The lowest BCUT2D eigenvalue weighted by molar-refractivity contribution is -0.139. The molecule has 0 saturated heterocycles. The monoisotopic (exact) mass is 352 g/mol. The van der Waals surface area contributed by atoms with Crippen LogP contribution in [0.3, 0.4) is 0 Å². The Morgan fingerprint density at radius 3 is 2.62 bits per heavy atom. The lowest BCUT2D eigenvalue weighted by atomic mass is 10.1. The maximum Gasteiger partial charge on any atom is 0.349 e. The van der Waals surface area contributed by atoms with Crippen molar-refractivity contribution in [1.82, 2.24) is 4.57 Å². The summed E-state index contributed by atoms with van der Waals surface area (Å²) in [5.74, 6) is -0.619. The average Bonchev–Trinajstić information content (AvgIpc) is 2.92. The van der Waals surface area contributed by atoms with Gasteiger partial charge in [-0.05, 0) is 44.0 Å². The van der Waals surface area contributed by atoms with Gasteiger partial charge in [0.25, 0.3) is 0 Å². The van der Waals surface area contributed by atoms with E-state index in [2.05, 4.69) is 11.5 Å². The van der Waals surface area contributed by atoms with Gasteiger partial charge < -0.3 is 14.0 Å². The highest BCUT2D eigenvalue weighted by atomic mass is 16.5. The molecule has 0 N–H and O–H groups in total. The highest BCUT2D eigenvalue weighted by Crippen LogP contribution is 2.23. The van der Waals surface area contributed by atoms with Gasteiger partial charge in [-0.1, -0.05) is 30.3 Å². The van der Waals surface area contributed by atoms with Crippen molar-refractivity contribution >= 4 is 12.0 Å². The molecule has 0 amide bonds. The van der Waals surface area contributed by atoms with E-state index in [-0.39, 0.29) is 18.2 Å². The van der Waals surface area contributed by atoms with E-state index >= 15 is 0 Å². The van der Waals surface area contributed by atoms with E-state index in [1.165, 1.54) is 0 Å². The van der Waals surface area contributed by atoms with Crippen LogP contribution in [0.1, 0.15) is 35.5 Å². The molecule has 1 aromatic heterocycles. The predicted molar refractivity (Wildman–Crippen MR) is 100 cm³/mol. The number of aryl methyl sites for hydroxylation is 1. The third-order valence-electron chi connectivity index (χ3n) is 4.23. The number of aromatic nitrogens is 1. The zero-order chi connectivity index (χ0) is 19.1. The van der Waals surface area contributed by atoms with E-state index in [0.29, 0.717) is 6.61 Å². The van der Waals surface area contributed by atoms with Crippen LogP contribution in [0.5, 0.6) is 0 Å². The Balaban J connectivity index is 2.19. The fourth-order valence-corrected chi connectivity index (χ4v) is 3.04. The molecule has 0 aliphatic carbocycles. The van der Waals surface area contributed by atoms with Crippen LogP contribution in [-0.4, -0.2) is 24.3 Å². The second-order valence-electron chi connectivity index (χ2n) is 6.23. The number of methoxy groups -OCH3 is 1. The van der Waals surface area contributed by atoms with Gasteiger partial charge in [0.2, 0.25) is 0 Å². The van der Waals surface area contributed by atoms with Crippen molar-refractivity contribution in [2.24, 2.45) is 0 Å². The number of hydrogen-bond acceptors (Lipinski definition) is 4. The van der Waals surface area contributed by atoms with Crippen LogP contribution < -0.4 is 0 Å². The molecule has 0 fully saturated rings. The molecule has 5 heteroatoms. The summed E-state index contributed by atoms with van der Waals surface area (Å²) in [6.45, 7) is 6.76. The van der Waals surface area contributed by atoms with Crippen LogP contribution in [0, 0.1) is 25.2 Å². The molecule has 2 rings (SSSR count). The smallest absolute Gasteiger partial charge is 0.349 e. The molecule has 0 bridgehead atoms. The number of nitrogens with zero attached hydrogens (tertiary/aromatic N) is 2. The van der Waals surface area contributed by atoms with Gasteiger partial charge in [-0.15, -0.1) is 0 Å². The molecule has 0 spiro atoms. The molecule has 5 nitrogen and oxygen atoms in total. The Morgan fingerprint density at radius 1 is 1.31 bits per heavy atom. The van der Waals surface area contributed by atoms with E-state index in [1.807, 2.05) is 56.3 Å². The highest BCUT2D eigenvalue weighted by molar-refractivity contribution is 5.98. The molecular weight excluding hydrogens is 328 g/mol. The zero-order valence-corrected chi connectivity index (χ0v) is 15.7. The quantitative estimate of drug-likeness (QED) is 0.430. The summed E-state index contributed by atoms with van der Waals surface area (Å²) >= 11 is 0. The normalized spacial score (nSPS) is 12.5. The summed E-state index contributed by atoms with van der Waals surface area (Å²) in [6, 6.07) is 13.5. The van der Waals surface area contributed by atoms with Gasteiger partial charge in [0, 0.05) is 18.5 Å². The number of carbonyl (C=O) groups excluding carboxylic acids is 1. The van der Waals surface area contributed by atoms with E-state index in [4.69, 9.17) is 9.47 Å². The molecule has 1 heterocycles. The van der Waals surface area contributed by atoms with E-state index in [0.717, 1.165) is 22.5 Å². The molecule has 0 unspecified atom stereocenters. The number of ether oxygens (including phenoxy) is 2. The molecule has 136 valence electrons. The predicted octanol–water partition coefficient (Wildman–Crippen LogP) is 3.96. The minimum Gasteiger partial charge on any atom is -0.457 e. The second kappa shape index (κ2) is 9.02. The number of rotatable bonds is 7. The fraction of sp³-hybridized carbons (Fsp3) is 0.333. The summed E-state index contributed by atoms with van der Waals surface area (Å²) < 4.78 is 12.6.